The van der Waals surface area contributed by atoms with E-state index < -0.39 is 0 Å². The van der Waals surface area contributed by atoms with Crippen LogP contribution in [0.4, 0.5) is 4.79 Å². The molecule has 0 aliphatic heterocycles. The fourth-order valence-corrected chi connectivity index (χ4v) is 2.72. The number of amides is 2. The molecule has 2 saturated carbocycles. The topological polar surface area (TPSA) is 74.2 Å². The van der Waals surface area contributed by atoms with Gasteiger partial charge in [-0.05, 0) is 30.4 Å². The molecule has 3 rings (SSSR count). The zero-order valence-electron chi connectivity index (χ0n) is 10.8. The van der Waals surface area contributed by atoms with E-state index in [4.69, 9.17) is 0 Å². The van der Waals surface area contributed by atoms with E-state index in [1.165, 1.54) is 19.3 Å². The predicted octanol–water partition coefficient (Wildman–Crippen LogP) is 1.78. The fraction of sp³-hybridized carbons (Fsp3) is 0.571. The van der Waals surface area contributed by atoms with Crippen LogP contribution in [0.25, 0.3) is 0 Å². The Balaban J connectivity index is 1.41. The molecule has 2 aliphatic rings. The molecule has 0 radical (unpaired) electrons. The van der Waals surface area contributed by atoms with Gasteiger partial charge in [-0.2, -0.15) is 0 Å². The molecule has 19 heavy (non-hydrogen) atoms. The largest absolute Gasteiger partial charge is 0.506 e. The average Bonchev–Trinajstić information content (AvgIpc) is 3.04. The first kappa shape index (κ1) is 12.3. The lowest BCUT2D eigenvalue weighted by molar-refractivity contribution is 0.234. The van der Waals surface area contributed by atoms with Crippen LogP contribution in [0.5, 0.6) is 5.75 Å². The molecule has 0 bridgehead atoms. The Kier molecular flexibility index (Phi) is 3.27. The first-order chi connectivity index (χ1) is 9.24. The van der Waals surface area contributed by atoms with Gasteiger partial charge in [-0.15, -0.1) is 0 Å². The molecule has 1 heterocycles. The minimum Gasteiger partial charge on any atom is -0.506 e. The van der Waals surface area contributed by atoms with Crippen LogP contribution in [0.2, 0.25) is 0 Å². The first-order valence-corrected chi connectivity index (χ1v) is 6.91. The summed E-state index contributed by atoms with van der Waals surface area (Å²) in [5.41, 5.74) is 0.490. The zero-order valence-corrected chi connectivity index (χ0v) is 10.8. The smallest absolute Gasteiger partial charge is 0.315 e. The summed E-state index contributed by atoms with van der Waals surface area (Å²) in [6.07, 6.45) is 6.71. The molecule has 2 atom stereocenters. The summed E-state index contributed by atoms with van der Waals surface area (Å²) in [5, 5.41) is 15.3. The van der Waals surface area contributed by atoms with Crippen molar-refractivity contribution in [2.24, 2.45) is 11.8 Å². The molecule has 1 aromatic rings. The predicted molar refractivity (Wildman–Crippen MR) is 70.5 cm³/mol. The van der Waals surface area contributed by atoms with E-state index in [2.05, 4.69) is 15.6 Å². The molecule has 1 aromatic heterocycles. The van der Waals surface area contributed by atoms with Crippen LogP contribution < -0.4 is 10.6 Å². The van der Waals surface area contributed by atoms with Crippen LogP contribution in [0.15, 0.2) is 18.3 Å². The molecule has 0 aromatic carbocycles. The second kappa shape index (κ2) is 5.07. The SMILES string of the molecule is O=C(NCc1ncccc1O)N[C@@H]1C[C@H]1C1CCC1. The van der Waals surface area contributed by atoms with Crippen molar-refractivity contribution >= 4 is 6.03 Å². The third kappa shape index (κ3) is 2.80. The molecule has 2 amide bonds. The second-order valence-corrected chi connectivity index (χ2v) is 5.49. The lowest BCUT2D eigenvalue weighted by Gasteiger charge is -2.25. The minimum absolute atomic E-state index is 0.113. The highest BCUT2D eigenvalue weighted by atomic mass is 16.3. The van der Waals surface area contributed by atoms with Gasteiger partial charge in [0, 0.05) is 12.2 Å². The van der Waals surface area contributed by atoms with Gasteiger partial charge in [-0.25, -0.2) is 4.79 Å². The standard InChI is InChI=1S/C14H19N3O2/c18-13-5-2-6-15-12(13)8-16-14(19)17-11-7-10(11)9-3-1-4-9/h2,5-6,9-11,18H,1,3-4,7-8H2,(H2,16,17,19)/t10-,11+/m0/s1. The molecular weight excluding hydrogens is 242 g/mol. The third-order valence-corrected chi connectivity index (χ3v) is 4.19. The Morgan fingerprint density at radius 1 is 1.47 bits per heavy atom. The number of pyridine rings is 1. The normalized spacial score (nSPS) is 25.5. The van der Waals surface area contributed by atoms with Gasteiger partial charge in [-0.1, -0.05) is 19.3 Å². The van der Waals surface area contributed by atoms with Crippen LogP contribution in [0, 0.1) is 11.8 Å². The number of carbonyl (C=O) groups is 1. The van der Waals surface area contributed by atoms with Gasteiger partial charge in [-0.3, -0.25) is 4.98 Å². The van der Waals surface area contributed by atoms with Crippen LogP contribution in [0.3, 0.4) is 0 Å². The van der Waals surface area contributed by atoms with Gasteiger partial charge in [0.05, 0.1) is 6.54 Å². The lowest BCUT2D eigenvalue weighted by atomic mass is 9.81. The molecule has 5 nitrogen and oxygen atoms in total. The molecule has 2 aliphatic carbocycles. The molecule has 3 N–H and O–H groups in total. The Bertz CT molecular complexity index is 474. The van der Waals surface area contributed by atoms with E-state index in [0.717, 1.165) is 12.3 Å². The number of urea groups is 1. The van der Waals surface area contributed by atoms with E-state index in [-0.39, 0.29) is 18.3 Å². The van der Waals surface area contributed by atoms with Crippen LogP contribution in [0.1, 0.15) is 31.4 Å². The van der Waals surface area contributed by atoms with Crippen molar-refractivity contribution in [1.29, 1.82) is 0 Å². The van der Waals surface area contributed by atoms with Crippen LogP contribution in [-0.2, 0) is 6.54 Å². The number of carbonyl (C=O) groups excluding carboxylic acids is 1. The van der Waals surface area contributed by atoms with Gasteiger partial charge in [0.2, 0.25) is 0 Å². The molecule has 2 fully saturated rings. The summed E-state index contributed by atoms with van der Waals surface area (Å²) in [6.45, 7) is 0.249. The highest BCUT2D eigenvalue weighted by Crippen LogP contribution is 2.46. The maximum absolute atomic E-state index is 11.7. The zero-order chi connectivity index (χ0) is 13.2. The van der Waals surface area contributed by atoms with E-state index in [9.17, 15) is 9.90 Å². The van der Waals surface area contributed by atoms with E-state index in [1.807, 2.05) is 0 Å². The Morgan fingerprint density at radius 2 is 2.32 bits per heavy atom. The molecule has 0 saturated heterocycles. The van der Waals surface area contributed by atoms with E-state index in [1.54, 1.807) is 18.3 Å². The van der Waals surface area contributed by atoms with Gasteiger partial charge < -0.3 is 15.7 Å². The van der Waals surface area contributed by atoms with Crippen molar-refractivity contribution in [2.75, 3.05) is 0 Å². The second-order valence-electron chi connectivity index (χ2n) is 5.49. The molecule has 102 valence electrons. The highest BCUT2D eigenvalue weighted by molar-refractivity contribution is 5.74. The molecule has 0 spiro atoms. The monoisotopic (exact) mass is 261 g/mol. The molecule has 5 heteroatoms. The highest BCUT2D eigenvalue weighted by Gasteiger charge is 2.45. The summed E-state index contributed by atoms with van der Waals surface area (Å²) in [7, 11) is 0. The van der Waals surface area contributed by atoms with Crippen molar-refractivity contribution in [1.82, 2.24) is 15.6 Å². The van der Waals surface area contributed by atoms with Crippen molar-refractivity contribution < 1.29 is 9.90 Å². The minimum atomic E-state index is -0.170. The Hall–Kier alpha value is -1.78. The van der Waals surface area contributed by atoms with E-state index >= 15 is 0 Å². The van der Waals surface area contributed by atoms with E-state index in [0.29, 0.717) is 17.7 Å². The van der Waals surface area contributed by atoms with Gasteiger partial charge in [0.15, 0.2) is 0 Å². The molecule has 0 unspecified atom stereocenters. The number of nitrogens with one attached hydrogen (secondary N) is 2. The third-order valence-electron chi connectivity index (χ3n) is 4.19. The van der Waals surface area contributed by atoms with Crippen molar-refractivity contribution in [3.8, 4) is 5.75 Å². The quantitative estimate of drug-likeness (QED) is 0.773. The summed E-state index contributed by atoms with van der Waals surface area (Å²) < 4.78 is 0. The van der Waals surface area contributed by atoms with Gasteiger partial charge in [0.25, 0.3) is 0 Å². The summed E-state index contributed by atoms with van der Waals surface area (Å²) in [6, 6.07) is 3.40. The van der Waals surface area contributed by atoms with Gasteiger partial charge >= 0.3 is 6.03 Å². The number of rotatable bonds is 4. The Labute approximate surface area is 112 Å². The summed E-state index contributed by atoms with van der Waals surface area (Å²) >= 11 is 0. The average molecular weight is 261 g/mol. The number of nitrogens with zero attached hydrogens (tertiary/aromatic N) is 1. The van der Waals surface area contributed by atoms with Crippen molar-refractivity contribution in [3.63, 3.8) is 0 Å². The van der Waals surface area contributed by atoms with Crippen molar-refractivity contribution in [3.05, 3.63) is 24.0 Å². The maximum Gasteiger partial charge on any atom is 0.315 e. The summed E-state index contributed by atoms with van der Waals surface area (Å²) in [5.74, 6) is 1.65. The Morgan fingerprint density at radius 3 is 3.00 bits per heavy atom. The van der Waals surface area contributed by atoms with Crippen LogP contribution in [-0.4, -0.2) is 22.2 Å². The number of aromatic hydroxyl groups is 1. The summed E-state index contributed by atoms with van der Waals surface area (Å²) in [4.78, 5) is 15.7. The van der Waals surface area contributed by atoms with Crippen LogP contribution >= 0.6 is 0 Å². The van der Waals surface area contributed by atoms with Gasteiger partial charge in [0.1, 0.15) is 11.4 Å². The first-order valence-electron chi connectivity index (χ1n) is 6.91. The maximum atomic E-state index is 11.7. The number of hydrogen-bond acceptors (Lipinski definition) is 3. The fourth-order valence-electron chi connectivity index (χ4n) is 2.72. The molecular formula is C14H19N3O2. The van der Waals surface area contributed by atoms with Crippen molar-refractivity contribution in [2.45, 2.75) is 38.3 Å². The number of hydrogen-bond donors (Lipinski definition) is 3. The number of aromatic nitrogens is 1. The lowest BCUT2D eigenvalue weighted by Crippen LogP contribution is -2.38.